The van der Waals surface area contributed by atoms with Gasteiger partial charge in [-0.1, -0.05) is 18.2 Å². The van der Waals surface area contributed by atoms with Crippen molar-refractivity contribution in [2.75, 3.05) is 6.54 Å². The summed E-state index contributed by atoms with van der Waals surface area (Å²) in [6, 6.07) is 10.9. The van der Waals surface area contributed by atoms with Crippen LogP contribution in [0, 0.1) is 11.6 Å². The molecule has 0 aromatic heterocycles. The number of nitrogens with one attached hydrogen (secondary N) is 1. The molecule has 1 fully saturated rings. The number of rotatable bonds is 3. The first kappa shape index (κ1) is 15.1. The molecule has 0 radical (unpaired) electrons. The molecule has 1 saturated heterocycles. The van der Waals surface area contributed by atoms with E-state index in [4.69, 9.17) is 0 Å². The minimum Gasteiger partial charge on any atom is -0.300 e. The summed E-state index contributed by atoms with van der Waals surface area (Å²) < 4.78 is 52.4. The van der Waals surface area contributed by atoms with Crippen LogP contribution in [-0.4, -0.2) is 20.3 Å². The van der Waals surface area contributed by atoms with Gasteiger partial charge in [-0.05, 0) is 48.9 Å². The molecule has 0 bridgehead atoms. The van der Waals surface area contributed by atoms with E-state index in [9.17, 15) is 17.2 Å². The fourth-order valence-electron chi connectivity index (χ4n) is 2.87. The third kappa shape index (κ3) is 2.64. The second-order valence-electron chi connectivity index (χ2n) is 5.29. The average molecular weight is 323 g/mol. The summed E-state index contributed by atoms with van der Waals surface area (Å²) in [4.78, 5) is 0.0367. The first-order valence-electron chi connectivity index (χ1n) is 6.97. The molecular formula is C16H15F2NO2S. The summed E-state index contributed by atoms with van der Waals surface area (Å²) in [5.41, 5.74) is 0.392. The average Bonchev–Trinajstić information content (AvgIpc) is 2.98. The third-order valence-electron chi connectivity index (χ3n) is 3.95. The summed E-state index contributed by atoms with van der Waals surface area (Å²) in [5.74, 6) is -1.37. The van der Waals surface area contributed by atoms with Crippen LogP contribution in [0.25, 0.3) is 0 Å². The molecule has 2 atom stereocenters. The van der Waals surface area contributed by atoms with Gasteiger partial charge < -0.3 is 5.32 Å². The van der Waals surface area contributed by atoms with Crippen LogP contribution in [0.1, 0.15) is 17.9 Å². The van der Waals surface area contributed by atoms with E-state index in [1.165, 1.54) is 18.2 Å². The fourth-order valence-corrected chi connectivity index (χ4v) is 4.73. The van der Waals surface area contributed by atoms with Crippen molar-refractivity contribution in [2.45, 2.75) is 22.6 Å². The van der Waals surface area contributed by atoms with E-state index in [1.54, 1.807) is 18.2 Å². The van der Waals surface area contributed by atoms with Gasteiger partial charge in [-0.2, -0.15) is 0 Å². The van der Waals surface area contributed by atoms with E-state index in [-0.39, 0.29) is 4.90 Å². The van der Waals surface area contributed by atoms with E-state index < -0.39 is 32.8 Å². The van der Waals surface area contributed by atoms with Gasteiger partial charge >= 0.3 is 0 Å². The SMILES string of the molecule is O=S(=O)(c1ccc(F)cc1)C1NCCC1c1ccccc1F. The maximum atomic E-state index is 14.0. The summed E-state index contributed by atoms with van der Waals surface area (Å²) in [6.45, 7) is 0.490. The standard InChI is InChI=1S/C16H15F2NO2S/c17-11-5-7-12(8-6-11)22(20,21)16-14(9-10-19-16)13-3-1-2-4-15(13)18/h1-8,14,16,19H,9-10H2. The Labute approximate surface area is 127 Å². The molecule has 2 unspecified atom stereocenters. The largest absolute Gasteiger partial charge is 0.300 e. The van der Waals surface area contributed by atoms with Gasteiger partial charge in [0.1, 0.15) is 17.0 Å². The summed E-state index contributed by atoms with van der Waals surface area (Å²) >= 11 is 0. The van der Waals surface area contributed by atoms with Crippen molar-refractivity contribution in [3.63, 3.8) is 0 Å². The normalized spacial score (nSPS) is 21.9. The van der Waals surface area contributed by atoms with Crippen LogP contribution in [0.5, 0.6) is 0 Å². The lowest BCUT2D eigenvalue weighted by molar-refractivity contribution is 0.543. The molecule has 2 aromatic carbocycles. The molecule has 0 aliphatic carbocycles. The molecule has 3 rings (SSSR count). The molecule has 1 heterocycles. The van der Waals surface area contributed by atoms with E-state index in [1.807, 2.05) is 0 Å². The number of benzene rings is 2. The maximum absolute atomic E-state index is 14.0. The zero-order chi connectivity index (χ0) is 15.7. The van der Waals surface area contributed by atoms with Crippen molar-refractivity contribution >= 4 is 9.84 Å². The van der Waals surface area contributed by atoms with Gasteiger partial charge in [0.2, 0.25) is 0 Å². The first-order valence-corrected chi connectivity index (χ1v) is 8.52. The molecule has 2 aromatic rings. The van der Waals surface area contributed by atoms with Crippen LogP contribution in [-0.2, 0) is 9.84 Å². The lowest BCUT2D eigenvalue weighted by Crippen LogP contribution is -2.35. The molecule has 116 valence electrons. The molecule has 22 heavy (non-hydrogen) atoms. The van der Waals surface area contributed by atoms with Crippen LogP contribution in [0.2, 0.25) is 0 Å². The number of hydrogen-bond donors (Lipinski definition) is 1. The molecule has 0 saturated carbocycles. The number of hydrogen-bond acceptors (Lipinski definition) is 3. The third-order valence-corrected chi connectivity index (χ3v) is 6.04. The van der Waals surface area contributed by atoms with Crippen molar-refractivity contribution in [3.05, 3.63) is 65.7 Å². The Balaban J connectivity index is 1.99. The molecule has 6 heteroatoms. The van der Waals surface area contributed by atoms with Crippen molar-refractivity contribution in [2.24, 2.45) is 0 Å². The van der Waals surface area contributed by atoms with Gasteiger partial charge in [0, 0.05) is 5.92 Å². The highest BCUT2D eigenvalue weighted by atomic mass is 32.2. The van der Waals surface area contributed by atoms with E-state index in [2.05, 4.69) is 5.32 Å². The first-order chi connectivity index (χ1) is 10.5. The number of sulfone groups is 1. The maximum Gasteiger partial charge on any atom is 0.194 e. The van der Waals surface area contributed by atoms with Gasteiger partial charge in [-0.3, -0.25) is 0 Å². The molecule has 1 aliphatic rings. The highest BCUT2D eigenvalue weighted by Gasteiger charge is 2.39. The van der Waals surface area contributed by atoms with Gasteiger partial charge in [-0.15, -0.1) is 0 Å². The zero-order valence-electron chi connectivity index (χ0n) is 11.7. The molecule has 0 spiro atoms. The van der Waals surface area contributed by atoms with Crippen LogP contribution >= 0.6 is 0 Å². The van der Waals surface area contributed by atoms with Gasteiger partial charge in [0.05, 0.1) is 4.90 Å². The van der Waals surface area contributed by atoms with Crippen LogP contribution in [0.4, 0.5) is 8.78 Å². The molecule has 3 nitrogen and oxygen atoms in total. The highest BCUT2D eigenvalue weighted by Crippen LogP contribution is 2.34. The van der Waals surface area contributed by atoms with Crippen molar-refractivity contribution in [3.8, 4) is 0 Å². The van der Waals surface area contributed by atoms with Gasteiger partial charge in [-0.25, -0.2) is 17.2 Å². The lowest BCUT2D eigenvalue weighted by Gasteiger charge is -2.20. The second kappa shape index (κ2) is 5.78. The Hall–Kier alpha value is -1.79. The lowest BCUT2D eigenvalue weighted by atomic mass is 9.98. The van der Waals surface area contributed by atoms with E-state index in [0.717, 1.165) is 12.1 Å². The van der Waals surface area contributed by atoms with Crippen LogP contribution < -0.4 is 5.32 Å². The Kier molecular flexibility index (Phi) is 3.97. The minimum absolute atomic E-state index is 0.0367. The monoisotopic (exact) mass is 323 g/mol. The number of halogens is 2. The summed E-state index contributed by atoms with van der Waals surface area (Å²) in [5, 5.41) is 2.03. The Morgan fingerprint density at radius 1 is 1.00 bits per heavy atom. The van der Waals surface area contributed by atoms with Crippen molar-refractivity contribution < 1.29 is 17.2 Å². The van der Waals surface area contributed by atoms with E-state index >= 15 is 0 Å². The topological polar surface area (TPSA) is 46.2 Å². The van der Waals surface area contributed by atoms with Crippen LogP contribution in [0.15, 0.2) is 53.4 Å². The molecular weight excluding hydrogens is 308 g/mol. The van der Waals surface area contributed by atoms with Crippen molar-refractivity contribution in [1.29, 1.82) is 0 Å². The molecule has 1 aliphatic heterocycles. The summed E-state index contributed by atoms with van der Waals surface area (Å²) in [6.07, 6.45) is 0.534. The Bertz CT molecular complexity index is 775. The second-order valence-corrected chi connectivity index (χ2v) is 7.36. The predicted octanol–water partition coefficient (Wildman–Crippen LogP) is 2.84. The fraction of sp³-hybridized carbons (Fsp3) is 0.250. The Morgan fingerprint density at radius 2 is 1.68 bits per heavy atom. The van der Waals surface area contributed by atoms with Gasteiger partial charge in [0.25, 0.3) is 0 Å². The summed E-state index contributed by atoms with van der Waals surface area (Å²) in [7, 11) is -3.71. The van der Waals surface area contributed by atoms with Crippen molar-refractivity contribution in [1.82, 2.24) is 5.32 Å². The van der Waals surface area contributed by atoms with Crippen LogP contribution in [0.3, 0.4) is 0 Å². The Morgan fingerprint density at radius 3 is 2.36 bits per heavy atom. The predicted molar refractivity (Wildman–Crippen MR) is 79.1 cm³/mol. The quantitative estimate of drug-likeness (QED) is 0.884. The highest BCUT2D eigenvalue weighted by molar-refractivity contribution is 7.92. The zero-order valence-corrected chi connectivity index (χ0v) is 12.5. The molecule has 0 amide bonds. The smallest absolute Gasteiger partial charge is 0.194 e. The van der Waals surface area contributed by atoms with Gasteiger partial charge in [0.15, 0.2) is 9.84 Å². The molecule has 1 N–H and O–H groups in total. The van der Waals surface area contributed by atoms with E-state index in [0.29, 0.717) is 18.5 Å². The minimum atomic E-state index is -3.71.